The molecule has 0 aliphatic carbocycles. The van der Waals surface area contributed by atoms with Gasteiger partial charge in [0.25, 0.3) is 0 Å². The first kappa shape index (κ1) is 21.0. The lowest BCUT2D eigenvalue weighted by Gasteiger charge is -2.21. The van der Waals surface area contributed by atoms with E-state index in [2.05, 4.69) is 10.6 Å². The van der Waals surface area contributed by atoms with Gasteiger partial charge in [-0.15, -0.1) is 0 Å². The molecule has 1 rings (SSSR count). The number of carbonyl (C=O) groups excluding carboxylic acids is 2. The van der Waals surface area contributed by atoms with Gasteiger partial charge in [0.15, 0.2) is 0 Å². The van der Waals surface area contributed by atoms with Crippen LogP contribution in [-0.4, -0.2) is 49.7 Å². The van der Waals surface area contributed by atoms with Crippen LogP contribution in [0.3, 0.4) is 0 Å². The van der Waals surface area contributed by atoms with Crippen molar-refractivity contribution in [1.82, 2.24) is 15.5 Å². The number of likely N-dealkylation sites (N-methyl/N-ethyl adjacent to an activating group) is 1. The summed E-state index contributed by atoms with van der Waals surface area (Å²) in [6.07, 6.45) is 1.18. The molecule has 25 heavy (non-hydrogen) atoms. The van der Waals surface area contributed by atoms with Crippen LogP contribution in [-0.2, 0) is 9.53 Å². The predicted octanol–water partition coefficient (Wildman–Crippen LogP) is 2.71. The Bertz CT molecular complexity index is 539. The highest BCUT2D eigenvalue weighted by Crippen LogP contribution is 2.18. The molecule has 0 saturated heterocycles. The SMILES string of the molecule is CN(C)C(=O)CNC(CCCNC(=O)OC(C)(C)C)c1ccccc1. The number of nitrogens with one attached hydrogen (secondary N) is 2. The van der Waals surface area contributed by atoms with E-state index in [-0.39, 0.29) is 18.5 Å². The number of alkyl carbamates (subject to hydrolysis) is 1. The number of carbonyl (C=O) groups is 2. The molecule has 0 radical (unpaired) electrons. The molecule has 0 aliphatic rings. The first-order valence-electron chi connectivity index (χ1n) is 8.64. The number of benzene rings is 1. The molecule has 2 N–H and O–H groups in total. The maximum Gasteiger partial charge on any atom is 0.407 e. The Labute approximate surface area is 150 Å². The third kappa shape index (κ3) is 9.10. The van der Waals surface area contributed by atoms with E-state index in [1.54, 1.807) is 19.0 Å². The average Bonchev–Trinajstić information content (AvgIpc) is 2.52. The summed E-state index contributed by atoms with van der Waals surface area (Å²) < 4.78 is 5.22. The Balaban J connectivity index is 2.49. The topological polar surface area (TPSA) is 70.7 Å². The summed E-state index contributed by atoms with van der Waals surface area (Å²) in [6.45, 7) is 6.32. The molecule has 6 nitrogen and oxygen atoms in total. The number of rotatable bonds is 8. The normalized spacial score (nSPS) is 12.4. The molecule has 6 heteroatoms. The molecule has 1 aromatic carbocycles. The zero-order chi connectivity index (χ0) is 18.9. The van der Waals surface area contributed by atoms with Crippen molar-refractivity contribution < 1.29 is 14.3 Å². The van der Waals surface area contributed by atoms with E-state index < -0.39 is 11.7 Å². The average molecular weight is 349 g/mol. The molecule has 0 fully saturated rings. The maximum absolute atomic E-state index is 11.8. The summed E-state index contributed by atoms with van der Waals surface area (Å²) >= 11 is 0. The second-order valence-electron chi connectivity index (χ2n) is 7.20. The molecule has 0 saturated carbocycles. The van der Waals surface area contributed by atoms with Crippen LogP contribution in [0.2, 0.25) is 0 Å². The number of ether oxygens (including phenoxy) is 1. The van der Waals surface area contributed by atoms with E-state index in [9.17, 15) is 9.59 Å². The lowest BCUT2D eigenvalue weighted by molar-refractivity contribution is -0.127. The lowest BCUT2D eigenvalue weighted by Crippen LogP contribution is -2.36. The molecule has 140 valence electrons. The van der Waals surface area contributed by atoms with Crippen molar-refractivity contribution in [2.24, 2.45) is 0 Å². The Morgan fingerprint density at radius 2 is 1.80 bits per heavy atom. The molecular weight excluding hydrogens is 318 g/mol. The van der Waals surface area contributed by atoms with E-state index in [1.165, 1.54) is 0 Å². The third-order valence-corrected chi connectivity index (χ3v) is 3.54. The molecule has 1 aromatic rings. The monoisotopic (exact) mass is 349 g/mol. The Kier molecular flexibility index (Phi) is 8.41. The number of amides is 2. The van der Waals surface area contributed by atoms with Gasteiger partial charge in [0, 0.05) is 26.7 Å². The van der Waals surface area contributed by atoms with E-state index in [0.717, 1.165) is 18.4 Å². The summed E-state index contributed by atoms with van der Waals surface area (Å²) in [7, 11) is 3.48. The predicted molar refractivity (Wildman–Crippen MR) is 99.4 cm³/mol. The van der Waals surface area contributed by atoms with Crippen molar-refractivity contribution in [2.45, 2.75) is 45.3 Å². The number of hydrogen-bond acceptors (Lipinski definition) is 4. The maximum atomic E-state index is 11.8. The molecule has 0 aromatic heterocycles. The van der Waals surface area contributed by atoms with Crippen LogP contribution in [0.15, 0.2) is 30.3 Å². The van der Waals surface area contributed by atoms with E-state index in [4.69, 9.17) is 4.74 Å². The van der Waals surface area contributed by atoms with Crippen LogP contribution < -0.4 is 10.6 Å². The minimum atomic E-state index is -0.495. The highest BCUT2D eigenvalue weighted by Gasteiger charge is 2.16. The summed E-state index contributed by atoms with van der Waals surface area (Å²) in [6, 6.07) is 10.1. The van der Waals surface area contributed by atoms with Crippen molar-refractivity contribution in [3.8, 4) is 0 Å². The van der Waals surface area contributed by atoms with Crippen LogP contribution in [0.5, 0.6) is 0 Å². The summed E-state index contributed by atoms with van der Waals surface area (Å²) in [5.41, 5.74) is 0.636. The first-order chi connectivity index (χ1) is 11.7. The highest BCUT2D eigenvalue weighted by atomic mass is 16.6. The number of hydrogen-bond donors (Lipinski definition) is 2. The summed E-state index contributed by atoms with van der Waals surface area (Å²) in [5, 5.41) is 6.07. The van der Waals surface area contributed by atoms with E-state index in [0.29, 0.717) is 6.54 Å². The third-order valence-electron chi connectivity index (χ3n) is 3.54. The molecule has 0 aliphatic heterocycles. The van der Waals surface area contributed by atoms with Crippen LogP contribution in [0, 0.1) is 0 Å². The zero-order valence-electron chi connectivity index (χ0n) is 16.0. The van der Waals surface area contributed by atoms with E-state index >= 15 is 0 Å². The minimum absolute atomic E-state index is 0.0350. The number of nitrogens with zero attached hydrogens (tertiary/aromatic N) is 1. The molecule has 0 bridgehead atoms. The Hall–Kier alpha value is -2.08. The van der Waals surface area contributed by atoms with Gasteiger partial charge in [-0.3, -0.25) is 4.79 Å². The fourth-order valence-corrected chi connectivity index (χ4v) is 2.25. The van der Waals surface area contributed by atoms with Crippen molar-refractivity contribution >= 4 is 12.0 Å². The van der Waals surface area contributed by atoms with Gasteiger partial charge in [0.1, 0.15) is 5.60 Å². The lowest BCUT2D eigenvalue weighted by atomic mass is 10.0. The largest absolute Gasteiger partial charge is 0.444 e. The standard InChI is InChI=1S/C19H31N3O3/c1-19(2,3)25-18(24)20-13-9-12-16(15-10-7-6-8-11-15)21-14-17(23)22(4)5/h6-8,10-11,16,21H,9,12-14H2,1-5H3,(H,20,24). The quantitative estimate of drug-likeness (QED) is 0.708. The van der Waals surface area contributed by atoms with Gasteiger partial charge < -0.3 is 20.3 Å². The van der Waals surface area contributed by atoms with Gasteiger partial charge in [-0.25, -0.2) is 4.79 Å². The fraction of sp³-hybridized carbons (Fsp3) is 0.579. The smallest absolute Gasteiger partial charge is 0.407 e. The van der Waals surface area contributed by atoms with Crippen molar-refractivity contribution in [3.63, 3.8) is 0 Å². The second-order valence-corrected chi connectivity index (χ2v) is 7.20. The molecule has 1 atom stereocenters. The van der Waals surface area contributed by atoms with Gasteiger partial charge in [-0.1, -0.05) is 30.3 Å². The van der Waals surface area contributed by atoms with Gasteiger partial charge in [0.2, 0.25) is 5.91 Å². The van der Waals surface area contributed by atoms with Crippen LogP contribution in [0.25, 0.3) is 0 Å². The van der Waals surface area contributed by atoms with Crippen molar-refractivity contribution in [3.05, 3.63) is 35.9 Å². The van der Waals surface area contributed by atoms with Gasteiger partial charge in [0.05, 0.1) is 6.54 Å². The van der Waals surface area contributed by atoms with E-state index in [1.807, 2.05) is 51.1 Å². The van der Waals surface area contributed by atoms with Crippen molar-refractivity contribution in [1.29, 1.82) is 0 Å². The van der Waals surface area contributed by atoms with Gasteiger partial charge in [-0.2, -0.15) is 0 Å². The van der Waals surface area contributed by atoms with Gasteiger partial charge in [-0.05, 0) is 39.2 Å². The molecular formula is C19H31N3O3. The fourth-order valence-electron chi connectivity index (χ4n) is 2.25. The molecule has 0 spiro atoms. The summed E-state index contributed by atoms with van der Waals surface area (Å²) in [4.78, 5) is 25.1. The van der Waals surface area contributed by atoms with Crippen LogP contribution in [0.4, 0.5) is 4.79 Å². The minimum Gasteiger partial charge on any atom is -0.444 e. The molecule has 2 amide bonds. The van der Waals surface area contributed by atoms with Crippen molar-refractivity contribution in [2.75, 3.05) is 27.2 Å². The first-order valence-corrected chi connectivity index (χ1v) is 8.64. The molecule has 0 heterocycles. The molecule has 1 unspecified atom stereocenters. The van der Waals surface area contributed by atoms with Crippen LogP contribution >= 0.6 is 0 Å². The zero-order valence-corrected chi connectivity index (χ0v) is 16.0. The summed E-state index contributed by atoms with van der Waals surface area (Å²) in [5.74, 6) is 0.0350. The van der Waals surface area contributed by atoms with Crippen LogP contribution in [0.1, 0.15) is 45.2 Å². The highest BCUT2D eigenvalue weighted by molar-refractivity contribution is 5.77. The Morgan fingerprint density at radius 1 is 1.16 bits per heavy atom. The Morgan fingerprint density at radius 3 is 2.36 bits per heavy atom. The second kappa shape index (κ2) is 10.0. The van der Waals surface area contributed by atoms with Gasteiger partial charge >= 0.3 is 6.09 Å².